The van der Waals surface area contributed by atoms with Crippen LogP contribution in [0.4, 0.5) is 0 Å². The molecule has 2 amide bonds. The van der Waals surface area contributed by atoms with Crippen molar-refractivity contribution in [1.29, 1.82) is 0 Å². The van der Waals surface area contributed by atoms with Gasteiger partial charge in [0.15, 0.2) is 0 Å². The van der Waals surface area contributed by atoms with Crippen LogP contribution < -0.4 is 5.56 Å². The van der Waals surface area contributed by atoms with Gasteiger partial charge in [-0.3, -0.25) is 14.4 Å². The number of aromatic nitrogens is 2. The van der Waals surface area contributed by atoms with Crippen molar-refractivity contribution in [1.82, 2.24) is 19.8 Å². The molecular formula is C25H38N4O3. The van der Waals surface area contributed by atoms with E-state index in [4.69, 9.17) is 4.98 Å². The molecule has 32 heavy (non-hydrogen) atoms. The Morgan fingerprint density at radius 1 is 1.06 bits per heavy atom. The Morgan fingerprint density at radius 3 is 2.53 bits per heavy atom. The fourth-order valence-electron chi connectivity index (χ4n) is 5.77. The lowest BCUT2D eigenvalue weighted by atomic mass is 9.86. The first-order valence-electron chi connectivity index (χ1n) is 12.7. The number of hydrogen-bond donors (Lipinski definition) is 1. The minimum absolute atomic E-state index is 0.0312. The molecule has 0 spiro atoms. The number of rotatable bonds is 6. The van der Waals surface area contributed by atoms with Gasteiger partial charge in [-0.1, -0.05) is 33.1 Å². The first-order valence-corrected chi connectivity index (χ1v) is 12.7. The fourth-order valence-corrected chi connectivity index (χ4v) is 5.77. The van der Waals surface area contributed by atoms with Crippen molar-refractivity contribution >= 4 is 11.8 Å². The molecule has 0 aromatic carbocycles. The fraction of sp³-hybridized carbons (Fsp3) is 0.760. The molecule has 2 aliphatic heterocycles. The molecule has 2 fully saturated rings. The van der Waals surface area contributed by atoms with Crippen LogP contribution in [0.3, 0.4) is 0 Å². The predicted octanol–water partition coefficient (Wildman–Crippen LogP) is 3.72. The summed E-state index contributed by atoms with van der Waals surface area (Å²) in [7, 11) is 0. The Labute approximate surface area is 191 Å². The molecule has 4 rings (SSSR count). The number of fused-ring (bicyclic) bond motifs is 1. The van der Waals surface area contributed by atoms with Crippen LogP contribution in [-0.2, 0) is 22.6 Å². The molecule has 3 heterocycles. The summed E-state index contributed by atoms with van der Waals surface area (Å²) in [5, 5.41) is 0. The number of hydrogen-bond acceptors (Lipinski definition) is 4. The van der Waals surface area contributed by atoms with E-state index < -0.39 is 0 Å². The van der Waals surface area contributed by atoms with E-state index in [-0.39, 0.29) is 29.3 Å². The Morgan fingerprint density at radius 2 is 1.81 bits per heavy atom. The third-order valence-corrected chi connectivity index (χ3v) is 7.81. The van der Waals surface area contributed by atoms with E-state index in [0.29, 0.717) is 43.2 Å². The molecule has 1 N–H and O–H groups in total. The maximum Gasteiger partial charge on any atom is 0.256 e. The minimum atomic E-state index is -0.151. The maximum absolute atomic E-state index is 13.0. The zero-order valence-corrected chi connectivity index (χ0v) is 19.7. The number of carbonyl (C=O) groups is 2. The van der Waals surface area contributed by atoms with Gasteiger partial charge in [-0.15, -0.1) is 0 Å². The van der Waals surface area contributed by atoms with Crippen LogP contribution in [0.5, 0.6) is 0 Å². The van der Waals surface area contributed by atoms with E-state index in [1.807, 2.05) is 9.80 Å². The standard InChI is InChI=1S/C25H38N4O3/c1-3-18(4-2)25(32)29-13-8-11-21(29)23-26-20-12-14-28(16-19(20)24(31)27-23)22(30)15-17-9-6-5-7-10-17/h17-18,21H,3-16H2,1-2H3,(H,26,27,31). The first kappa shape index (κ1) is 23.0. The normalized spacial score (nSPS) is 21.8. The van der Waals surface area contributed by atoms with Crippen LogP contribution in [0.25, 0.3) is 0 Å². The molecule has 7 heteroatoms. The highest BCUT2D eigenvalue weighted by Crippen LogP contribution is 2.33. The van der Waals surface area contributed by atoms with Gasteiger partial charge < -0.3 is 14.8 Å². The number of carbonyl (C=O) groups excluding carboxylic acids is 2. The van der Waals surface area contributed by atoms with E-state index in [0.717, 1.165) is 50.8 Å². The van der Waals surface area contributed by atoms with Crippen LogP contribution in [0.15, 0.2) is 4.79 Å². The topological polar surface area (TPSA) is 86.4 Å². The molecule has 1 aliphatic carbocycles. The van der Waals surface area contributed by atoms with Gasteiger partial charge in [0.05, 0.1) is 23.8 Å². The number of amides is 2. The number of likely N-dealkylation sites (tertiary alicyclic amines) is 1. The van der Waals surface area contributed by atoms with E-state index in [9.17, 15) is 14.4 Å². The molecule has 1 aromatic rings. The molecule has 0 radical (unpaired) electrons. The third kappa shape index (κ3) is 4.76. The Balaban J connectivity index is 1.47. The van der Waals surface area contributed by atoms with Gasteiger partial charge in [-0.2, -0.15) is 0 Å². The second-order valence-corrected chi connectivity index (χ2v) is 9.85. The highest BCUT2D eigenvalue weighted by molar-refractivity contribution is 5.79. The van der Waals surface area contributed by atoms with Gasteiger partial charge in [-0.25, -0.2) is 4.98 Å². The number of nitrogens with one attached hydrogen (secondary N) is 1. The molecule has 1 saturated carbocycles. The SMILES string of the molecule is CCC(CC)C(=O)N1CCCC1c1nc2c(c(=O)[nH]1)CN(C(=O)CC1CCCCC1)CC2. The lowest BCUT2D eigenvalue weighted by Crippen LogP contribution is -2.41. The smallest absolute Gasteiger partial charge is 0.256 e. The number of aromatic amines is 1. The van der Waals surface area contributed by atoms with Crippen LogP contribution in [-0.4, -0.2) is 44.7 Å². The molecular weight excluding hydrogens is 404 g/mol. The molecule has 0 bridgehead atoms. The molecule has 176 valence electrons. The zero-order valence-electron chi connectivity index (χ0n) is 19.7. The minimum Gasteiger partial charge on any atom is -0.338 e. The molecule has 1 atom stereocenters. The monoisotopic (exact) mass is 442 g/mol. The Kier molecular flexibility index (Phi) is 7.31. The van der Waals surface area contributed by atoms with Gasteiger partial charge in [-0.05, 0) is 44.4 Å². The summed E-state index contributed by atoms with van der Waals surface area (Å²) in [6, 6.07) is -0.146. The van der Waals surface area contributed by atoms with Crippen molar-refractivity contribution in [2.75, 3.05) is 13.1 Å². The van der Waals surface area contributed by atoms with Crippen molar-refractivity contribution in [2.45, 2.75) is 97.1 Å². The van der Waals surface area contributed by atoms with Gasteiger partial charge in [0.1, 0.15) is 5.82 Å². The summed E-state index contributed by atoms with van der Waals surface area (Å²) < 4.78 is 0. The van der Waals surface area contributed by atoms with Crippen LogP contribution in [0.1, 0.15) is 101 Å². The first-order chi connectivity index (χ1) is 15.5. The number of nitrogens with zero attached hydrogens (tertiary/aromatic N) is 3. The Hall–Kier alpha value is -2.18. The lowest BCUT2D eigenvalue weighted by Gasteiger charge is -2.31. The van der Waals surface area contributed by atoms with Crippen molar-refractivity contribution in [3.05, 3.63) is 27.4 Å². The van der Waals surface area contributed by atoms with Gasteiger partial charge >= 0.3 is 0 Å². The summed E-state index contributed by atoms with van der Waals surface area (Å²) in [5.74, 6) is 1.50. The van der Waals surface area contributed by atoms with Crippen LogP contribution in [0, 0.1) is 11.8 Å². The summed E-state index contributed by atoms with van der Waals surface area (Å²) in [5.41, 5.74) is 1.27. The number of H-pyrrole nitrogens is 1. The van der Waals surface area contributed by atoms with Gasteiger partial charge in [0.2, 0.25) is 11.8 Å². The molecule has 7 nitrogen and oxygen atoms in total. The average molecular weight is 443 g/mol. The summed E-state index contributed by atoms with van der Waals surface area (Å²) in [6.45, 7) is 5.80. The van der Waals surface area contributed by atoms with Crippen LogP contribution in [0.2, 0.25) is 0 Å². The van der Waals surface area contributed by atoms with Crippen molar-refractivity contribution in [3.8, 4) is 0 Å². The van der Waals surface area contributed by atoms with E-state index in [2.05, 4.69) is 18.8 Å². The van der Waals surface area contributed by atoms with Gasteiger partial charge in [0, 0.05) is 31.8 Å². The highest BCUT2D eigenvalue weighted by Gasteiger charge is 2.35. The maximum atomic E-state index is 13.0. The second-order valence-electron chi connectivity index (χ2n) is 9.85. The summed E-state index contributed by atoms with van der Waals surface area (Å²) in [6.07, 6.45) is 10.7. The third-order valence-electron chi connectivity index (χ3n) is 7.81. The lowest BCUT2D eigenvalue weighted by molar-refractivity contribution is -0.137. The summed E-state index contributed by atoms with van der Waals surface area (Å²) >= 11 is 0. The van der Waals surface area contributed by atoms with E-state index in [1.165, 1.54) is 19.3 Å². The van der Waals surface area contributed by atoms with E-state index in [1.54, 1.807) is 0 Å². The predicted molar refractivity (Wildman–Crippen MR) is 123 cm³/mol. The highest BCUT2D eigenvalue weighted by atomic mass is 16.2. The Bertz CT molecular complexity index is 886. The quantitative estimate of drug-likeness (QED) is 0.727. The molecule has 1 saturated heterocycles. The van der Waals surface area contributed by atoms with Crippen molar-refractivity contribution in [3.63, 3.8) is 0 Å². The van der Waals surface area contributed by atoms with Gasteiger partial charge in [0.25, 0.3) is 5.56 Å². The van der Waals surface area contributed by atoms with Crippen molar-refractivity contribution < 1.29 is 9.59 Å². The molecule has 3 aliphatic rings. The largest absolute Gasteiger partial charge is 0.338 e. The summed E-state index contributed by atoms with van der Waals surface area (Å²) in [4.78, 5) is 50.4. The van der Waals surface area contributed by atoms with E-state index >= 15 is 0 Å². The zero-order chi connectivity index (χ0) is 22.7. The molecule has 1 aromatic heterocycles. The van der Waals surface area contributed by atoms with Crippen molar-refractivity contribution in [2.24, 2.45) is 11.8 Å². The molecule has 1 unspecified atom stereocenters. The average Bonchev–Trinajstić information content (AvgIpc) is 3.30. The second kappa shape index (κ2) is 10.2. The van der Waals surface area contributed by atoms with Crippen LogP contribution >= 0.6 is 0 Å².